The van der Waals surface area contributed by atoms with E-state index in [4.69, 9.17) is 14.0 Å². The summed E-state index contributed by atoms with van der Waals surface area (Å²) < 4.78 is 10.4. The highest BCUT2D eigenvalue weighted by atomic mass is 28.3. The third-order valence-corrected chi connectivity index (χ3v) is 5.05. The molecular formula is C5H19NO2Si3. The zero-order valence-electron chi connectivity index (χ0n) is 7.51. The molecule has 0 saturated heterocycles. The van der Waals surface area contributed by atoms with Crippen LogP contribution in [0.4, 0.5) is 0 Å². The molecule has 0 bridgehead atoms. The van der Waals surface area contributed by atoms with Crippen LogP contribution in [-0.2, 0) is 8.23 Å². The van der Waals surface area contributed by atoms with Crippen molar-refractivity contribution in [1.29, 1.82) is 0 Å². The molecule has 0 aliphatic rings. The van der Waals surface area contributed by atoms with Crippen LogP contribution in [0.15, 0.2) is 0 Å². The minimum absolute atomic E-state index is 0.273. The Hall–Kier alpha value is 0.531. The van der Waals surface area contributed by atoms with Crippen LogP contribution in [0.5, 0.6) is 0 Å². The molecular weight excluding hydrogens is 190 g/mol. The van der Waals surface area contributed by atoms with E-state index >= 15 is 0 Å². The molecule has 0 aromatic carbocycles. The Balaban J connectivity index is 2.89. The van der Waals surface area contributed by atoms with E-state index in [1.807, 2.05) is 0 Å². The maximum Gasteiger partial charge on any atom is 0.282 e. The Morgan fingerprint density at radius 3 is 2.91 bits per heavy atom. The summed E-state index contributed by atoms with van der Waals surface area (Å²) in [6.07, 6.45) is 2.22. The second-order valence-corrected chi connectivity index (χ2v) is 7.92. The second kappa shape index (κ2) is 8.63. The van der Waals surface area contributed by atoms with Gasteiger partial charge < -0.3 is 14.0 Å². The summed E-state index contributed by atoms with van der Waals surface area (Å²) in [4.78, 5) is 0. The third kappa shape index (κ3) is 8.44. The zero-order chi connectivity index (χ0) is 8.53. The molecule has 6 heteroatoms. The Bertz CT molecular complexity index is 86.1. The lowest BCUT2D eigenvalue weighted by atomic mass is 10.2. The van der Waals surface area contributed by atoms with Crippen molar-refractivity contribution in [3.05, 3.63) is 0 Å². The second-order valence-electron chi connectivity index (χ2n) is 2.63. The fourth-order valence-electron chi connectivity index (χ4n) is 0.794. The van der Waals surface area contributed by atoms with Crippen molar-refractivity contribution >= 4 is 30.3 Å². The normalized spacial score (nSPS) is 15.8. The third-order valence-electron chi connectivity index (χ3n) is 1.59. The molecule has 0 aliphatic carbocycles. The summed E-state index contributed by atoms with van der Waals surface area (Å²) in [6.45, 7) is 2.13. The Labute approximate surface area is 76.6 Å². The maximum atomic E-state index is 5.74. The predicted octanol–water partition coefficient (Wildman–Crippen LogP) is -2.07. The van der Waals surface area contributed by atoms with Gasteiger partial charge in [-0.15, -0.1) is 0 Å². The first kappa shape index (κ1) is 11.5. The van der Waals surface area contributed by atoms with Gasteiger partial charge in [0.05, 0.1) is 0 Å². The van der Waals surface area contributed by atoms with Crippen LogP contribution in [0.25, 0.3) is 0 Å². The highest BCUT2D eigenvalue weighted by molar-refractivity contribution is 6.41. The van der Waals surface area contributed by atoms with E-state index in [0.717, 1.165) is 23.3 Å². The molecule has 0 amide bonds. The van der Waals surface area contributed by atoms with Gasteiger partial charge in [0.25, 0.3) is 10.0 Å². The van der Waals surface area contributed by atoms with Crippen LogP contribution in [0.2, 0.25) is 6.04 Å². The van der Waals surface area contributed by atoms with Gasteiger partial charge in [0.15, 0.2) is 0 Å². The molecule has 0 saturated carbocycles. The van der Waals surface area contributed by atoms with Crippen molar-refractivity contribution in [2.75, 3.05) is 0 Å². The first-order valence-corrected chi connectivity index (χ1v) is 7.68. The smallest absolute Gasteiger partial charge is 0.282 e. The van der Waals surface area contributed by atoms with Crippen LogP contribution in [0.1, 0.15) is 19.8 Å². The van der Waals surface area contributed by atoms with Gasteiger partial charge in [0.2, 0.25) is 0 Å². The average Bonchev–Trinajstić information content (AvgIpc) is 2.04. The molecule has 2 N–H and O–H groups in total. The molecule has 11 heavy (non-hydrogen) atoms. The number of hydrogen-bond acceptors (Lipinski definition) is 3. The molecule has 3 nitrogen and oxygen atoms in total. The predicted molar refractivity (Wildman–Crippen MR) is 56.9 cm³/mol. The molecule has 0 fully saturated rings. The highest BCUT2D eigenvalue weighted by Crippen LogP contribution is 1.97. The number of rotatable bonds is 7. The standard InChI is InChI=1S/C5H19NO2Si3/c1-2-5(6)3-4-10-8-11-7-9/h5H,2-4,6,10-11H2,1,9H3. The molecule has 0 aliphatic heterocycles. The fourth-order valence-corrected chi connectivity index (χ4v) is 4.94. The highest BCUT2D eigenvalue weighted by Gasteiger charge is 1.98. The Morgan fingerprint density at radius 1 is 1.64 bits per heavy atom. The number of nitrogens with two attached hydrogens (primary N) is 1. The minimum atomic E-state index is -0.547. The molecule has 0 aromatic heterocycles. The van der Waals surface area contributed by atoms with Crippen molar-refractivity contribution < 1.29 is 8.23 Å². The van der Waals surface area contributed by atoms with Crippen molar-refractivity contribution in [1.82, 2.24) is 0 Å². The van der Waals surface area contributed by atoms with Gasteiger partial charge in [0, 0.05) is 6.04 Å². The van der Waals surface area contributed by atoms with Gasteiger partial charge in [-0.05, 0) is 18.9 Å². The monoisotopic (exact) mass is 209 g/mol. The van der Waals surface area contributed by atoms with Crippen LogP contribution >= 0.6 is 0 Å². The van der Waals surface area contributed by atoms with E-state index < -0.39 is 10.0 Å². The van der Waals surface area contributed by atoms with E-state index in [1.54, 1.807) is 0 Å². The topological polar surface area (TPSA) is 44.5 Å². The lowest BCUT2D eigenvalue weighted by molar-refractivity contribution is 0.497. The van der Waals surface area contributed by atoms with E-state index in [9.17, 15) is 0 Å². The van der Waals surface area contributed by atoms with Gasteiger partial charge >= 0.3 is 0 Å². The summed E-state index contributed by atoms with van der Waals surface area (Å²) in [7, 11) is 0.0192. The van der Waals surface area contributed by atoms with Gasteiger partial charge in [-0.1, -0.05) is 6.92 Å². The van der Waals surface area contributed by atoms with Crippen molar-refractivity contribution in [3.8, 4) is 0 Å². The quantitative estimate of drug-likeness (QED) is 0.387. The van der Waals surface area contributed by atoms with Gasteiger partial charge in [0.1, 0.15) is 20.2 Å². The fraction of sp³-hybridized carbons (Fsp3) is 1.00. The summed E-state index contributed by atoms with van der Waals surface area (Å²) >= 11 is 0. The molecule has 0 aromatic rings. The van der Waals surface area contributed by atoms with E-state index in [-0.39, 0.29) is 9.76 Å². The molecule has 0 radical (unpaired) electrons. The lowest BCUT2D eigenvalue weighted by Gasteiger charge is -2.07. The lowest BCUT2D eigenvalue weighted by Crippen LogP contribution is -2.19. The molecule has 1 unspecified atom stereocenters. The maximum absolute atomic E-state index is 5.74. The van der Waals surface area contributed by atoms with Crippen molar-refractivity contribution in [3.63, 3.8) is 0 Å². The van der Waals surface area contributed by atoms with Crippen LogP contribution in [-0.4, -0.2) is 36.3 Å². The van der Waals surface area contributed by atoms with Crippen LogP contribution in [0, 0.1) is 0 Å². The van der Waals surface area contributed by atoms with E-state index in [0.29, 0.717) is 6.04 Å². The summed E-state index contributed by atoms with van der Waals surface area (Å²) in [5.74, 6) is 0. The van der Waals surface area contributed by atoms with Gasteiger partial charge in [-0.3, -0.25) is 0 Å². The Kier molecular flexibility index (Phi) is 9.04. The summed E-state index contributed by atoms with van der Waals surface area (Å²) in [6, 6.07) is 1.61. The Morgan fingerprint density at radius 2 is 2.36 bits per heavy atom. The van der Waals surface area contributed by atoms with Crippen molar-refractivity contribution in [2.45, 2.75) is 31.9 Å². The zero-order valence-corrected chi connectivity index (χ0v) is 12.3. The molecule has 68 valence electrons. The summed E-state index contributed by atoms with van der Waals surface area (Å²) in [5, 5.41) is 0. The van der Waals surface area contributed by atoms with Gasteiger partial charge in [-0.25, -0.2) is 0 Å². The number of hydrogen-bond donors (Lipinski definition) is 1. The van der Waals surface area contributed by atoms with E-state index in [2.05, 4.69) is 6.92 Å². The van der Waals surface area contributed by atoms with E-state index in [1.165, 1.54) is 6.04 Å². The minimum Gasteiger partial charge on any atom is -0.449 e. The van der Waals surface area contributed by atoms with Gasteiger partial charge in [-0.2, -0.15) is 0 Å². The van der Waals surface area contributed by atoms with Crippen LogP contribution in [0.3, 0.4) is 0 Å². The molecule has 0 heterocycles. The molecule has 1 atom stereocenters. The largest absolute Gasteiger partial charge is 0.449 e. The van der Waals surface area contributed by atoms with Crippen molar-refractivity contribution in [2.24, 2.45) is 5.73 Å². The first-order valence-electron chi connectivity index (χ1n) is 4.13. The average molecular weight is 209 g/mol. The summed E-state index contributed by atoms with van der Waals surface area (Å²) in [5.41, 5.74) is 5.74. The SMILES string of the molecule is CCC(N)CC[SiH2]O[SiH2]O[SiH3]. The molecule has 0 rings (SSSR count). The first-order chi connectivity index (χ1) is 5.31. The van der Waals surface area contributed by atoms with Crippen LogP contribution < -0.4 is 5.73 Å². The molecule has 0 spiro atoms.